The zero-order valence-corrected chi connectivity index (χ0v) is 13.8. The fourth-order valence-corrected chi connectivity index (χ4v) is 3.72. The molecule has 0 radical (unpaired) electrons. The van der Waals surface area contributed by atoms with Gasteiger partial charge in [0.2, 0.25) is 10.0 Å². The van der Waals surface area contributed by atoms with E-state index in [1.54, 1.807) is 0 Å². The number of hydrogen-bond acceptors (Lipinski definition) is 4. The summed E-state index contributed by atoms with van der Waals surface area (Å²) in [6.45, 7) is 9.08. The van der Waals surface area contributed by atoms with Crippen molar-refractivity contribution in [2.45, 2.75) is 31.9 Å². The van der Waals surface area contributed by atoms with Crippen molar-refractivity contribution in [2.75, 3.05) is 6.54 Å². The van der Waals surface area contributed by atoms with E-state index in [-0.39, 0.29) is 10.1 Å². The van der Waals surface area contributed by atoms with Gasteiger partial charge in [0.25, 0.3) is 5.91 Å². The number of sulfonamides is 1. The topological polar surface area (TPSA) is 89.3 Å². The number of nitrogens with two attached hydrogens (primary N) is 1. The minimum Gasteiger partial charge on any atom is -0.352 e. The molecule has 0 aliphatic heterocycles. The van der Waals surface area contributed by atoms with Gasteiger partial charge < -0.3 is 5.32 Å². The highest BCUT2D eigenvalue weighted by Crippen LogP contribution is 2.21. The number of hydrogen-bond donors (Lipinski definition) is 2. The Hall–Kier alpha value is -0.920. The lowest BCUT2D eigenvalue weighted by Gasteiger charge is -2.24. The Balaban J connectivity index is 2.70. The van der Waals surface area contributed by atoms with Crippen molar-refractivity contribution >= 4 is 27.3 Å². The second-order valence-electron chi connectivity index (χ2n) is 5.56. The van der Waals surface area contributed by atoms with Gasteiger partial charge in [0.15, 0.2) is 0 Å². The largest absolute Gasteiger partial charge is 0.352 e. The van der Waals surface area contributed by atoms with Gasteiger partial charge >= 0.3 is 0 Å². The van der Waals surface area contributed by atoms with Gasteiger partial charge in [-0.15, -0.1) is 11.3 Å². The first-order chi connectivity index (χ1) is 9.12. The summed E-state index contributed by atoms with van der Waals surface area (Å²) in [5.41, 5.74) is 0.338. The van der Waals surface area contributed by atoms with Crippen LogP contribution in [0.5, 0.6) is 0 Å². The van der Waals surface area contributed by atoms with Gasteiger partial charge in [0.1, 0.15) is 4.21 Å². The molecule has 7 heteroatoms. The van der Waals surface area contributed by atoms with E-state index >= 15 is 0 Å². The third kappa shape index (κ3) is 4.57. The van der Waals surface area contributed by atoms with Crippen LogP contribution in [0.15, 0.2) is 15.7 Å². The van der Waals surface area contributed by atoms with Crippen LogP contribution in [0.25, 0.3) is 0 Å². The smallest absolute Gasteiger partial charge is 0.252 e. The lowest BCUT2D eigenvalue weighted by Crippen LogP contribution is -2.33. The molecule has 1 aromatic heterocycles. The monoisotopic (exact) mass is 318 g/mol. The van der Waals surface area contributed by atoms with Gasteiger partial charge in [-0.1, -0.05) is 27.7 Å². The molecule has 20 heavy (non-hydrogen) atoms. The summed E-state index contributed by atoms with van der Waals surface area (Å²) < 4.78 is 22.3. The van der Waals surface area contributed by atoms with Crippen LogP contribution in [0, 0.1) is 17.8 Å². The van der Waals surface area contributed by atoms with E-state index in [0.29, 0.717) is 29.9 Å². The predicted octanol–water partition coefficient (Wildman–Crippen LogP) is 2.05. The summed E-state index contributed by atoms with van der Waals surface area (Å²) in [7, 11) is -3.74. The quantitative estimate of drug-likeness (QED) is 0.841. The van der Waals surface area contributed by atoms with Crippen LogP contribution in [0.2, 0.25) is 0 Å². The third-order valence-corrected chi connectivity index (χ3v) is 5.72. The number of amides is 1. The van der Waals surface area contributed by atoms with Crippen LogP contribution in [0.1, 0.15) is 38.1 Å². The zero-order chi connectivity index (χ0) is 15.5. The van der Waals surface area contributed by atoms with Gasteiger partial charge in [0, 0.05) is 11.9 Å². The lowest BCUT2D eigenvalue weighted by molar-refractivity contribution is 0.0937. The summed E-state index contributed by atoms with van der Waals surface area (Å²) in [6.07, 6.45) is 0. The first-order valence-electron chi connectivity index (χ1n) is 6.52. The molecule has 1 aromatic rings. The average Bonchev–Trinajstić information content (AvgIpc) is 2.76. The predicted molar refractivity (Wildman–Crippen MR) is 81.2 cm³/mol. The first kappa shape index (κ1) is 17.1. The maximum atomic E-state index is 12.0. The second kappa shape index (κ2) is 6.69. The Kier molecular flexibility index (Phi) is 5.73. The first-order valence-corrected chi connectivity index (χ1v) is 8.95. The summed E-state index contributed by atoms with van der Waals surface area (Å²) in [4.78, 5) is 12.0. The summed E-state index contributed by atoms with van der Waals surface area (Å²) in [6, 6.07) is 1.31. The summed E-state index contributed by atoms with van der Waals surface area (Å²) in [5, 5.41) is 9.39. The Bertz CT molecular complexity index is 554. The average molecular weight is 318 g/mol. The Morgan fingerprint density at radius 1 is 1.30 bits per heavy atom. The highest BCUT2D eigenvalue weighted by atomic mass is 32.2. The summed E-state index contributed by atoms with van der Waals surface area (Å²) in [5.74, 6) is 1.06. The number of carbonyl (C=O) groups is 1. The SMILES string of the molecule is CC(C)C(CNC(=O)c1csc(S(N)(=O)=O)c1)C(C)C. The van der Waals surface area contributed by atoms with Crippen LogP contribution < -0.4 is 10.5 Å². The van der Waals surface area contributed by atoms with Gasteiger partial charge in [-0.05, 0) is 23.8 Å². The molecule has 1 amide bonds. The lowest BCUT2D eigenvalue weighted by atomic mass is 9.85. The molecule has 0 saturated heterocycles. The van der Waals surface area contributed by atoms with Gasteiger partial charge in [-0.3, -0.25) is 4.79 Å². The van der Waals surface area contributed by atoms with Crippen molar-refractivity contribution < 1.29 is 13.2 Å². The maximum absolute atomic E-state index is 12.0. The normalized spacial score (nSPS) is 12.4. The molecule has 0 saturated carbocycles. The molecule has 1 rings (SSSR count). The van der Waals surface area contributed by atoms with E-state index in [1.807, 2.05) is 0 Å². The van der Waals surface area contributed by atoms with Crippen molar-refractivity contribution in [3.8, 4) is 0 Å². The molecule has 5 nitrogen and oxygen atoms in total. The van der Waals surface area contributed by atoms with E-state index < -0.39 is 10.0 Å². The van der Waals surface area contributed by atoms with Gasteiger partial charge in [-0.25, -0.2) is 13.6 Å². The molecule has 0 bridgehead atoms. The molecule has 0 atom stereocenters. The van der Waals surface area contributed by atoms with E-state index in [4.69, 9.17) is 5.14 Å². The molecule has 0 fully saturated rings. The van der Waals surface area contributed by atoms with Crippen LogP contribution in [0.3, 0.4) is 0 Å². The molecule has 0 aliphatic carbocycles. The number of rotatable bonds is 6. The van der Waals surface area contributed by atoms with Crippen molar-refractivity contribution in [3.63, 3.8) is 0 Å². The highest BCUT2D eigenvalue weighted by Gasteiger charge is 2.20. The van der Waals surface area contributed by atoms with Crippen molar-refractivity contribution in [3.05, 3.63) is 17.0 Å². The maximum Gasteiger partial charge on any atom is 0.252 e. The fraction of sp³-hybridized carbons (Fsp3) is 0.615. The van der Waals surface area contributed by atoms with Gasteiger partial charge in [-0.2, -0.15) is 0 Å². The highest BCUT2D eigenvalue weighted by molar-refractivity contribution is 7.91. The van der Waals surface area contributed by atoms with E-state index in [0.717, 1.165) is 11.3 Å². The summed E-state index contributed by atoms with van der Waals surface area (Å²) >= 11 is 0.958. The standard InChI is InChI=1S/C13H22N2O3S2/c1-8(2)11(9(3)4)6-15-13(16)10-5-12(19-7-10)20(14,17)18/h5,7-9,11H,6H2,1-4H3,(H,15,16)(H2,14,17,18). The number of carbonyl (C=O) groups excluding carboxylic acids is 1. The molecule has 114 valence electrons. The van der Waals surface area contributed by atoms with Crippen LogP contribution >= 0.6 is 11.3 Å². The Morgan fingerprint density at radius 3 is 2.25 bits per heavy atom. The third-order valence-electron chi connectivity index (χ3n) is 3.33. The zero-order valence-electron chi connectivity index (χ0n) is 12.2. The van der Waals surface area contributed by atoms with Crippen molar-refractivity contribution in [1.82, 2.24) is 5.32 Å². The molecule has 0 aromatic carbocycles. The van der Waals surface area contributed by atoms with E-state index in [2.05, 4.69) is 33.0 Å². The molecular formula is C13H22N2O3S2. The molecule has 1 heterocycles. The number of primary sulfonamides is 1. The molecule has 0 aliphatic rings. The number of thiophene rings is 1. The number of nitrogens with one attached hydrogen (secondary N) is 1. The minimum atomic E-state index is -3.74. The van der Waals surface area contributed by atoms with Crippen LogP contribution in [-0.2, 0) is 10.0 Å². The molecule has 0 spiro atoms. The van der Waals surface area contributed by atoms with Crippen molar-refractivity contribution in [1.29, 1.82) is 0 Å². The molecule has 0 unspecified atom stereocenters. The molecule has 3 N–H and O–H groups in total. The second-order valence-corrected chi connectivity index (χ2v) is 8.26. The van der Waals surface area contributed by atoms with E-state index in [9.17, 15) is 13.2 Å². The van der Waals surface area contributed by atoms with Crippen LogP contribution in [-0.4, -0.2) is 20.9 Å². The minimum absolute atomic E-state index is 0.00641. The van der Waals surface area contributed by atoms with Gasteiger partial charge in [0.05, 0.1) is 5.56 Å². The Labute approximate surface area is 124 Å². The molecular weight excluding hydrogens is 296 g/mol. The Morgan fingerprint density at radius 2 is 1.85 bits per heavy atom. The van der Waals surface area contributed by atoms with Crippen molar-refractivity contribution in [2.24, 2.45) is 22.9 Å². The van der Waals surface area contributed by atoms with Crippen LogP contribution in [0.4, 0.5) is 0 Å². The fourth-order valence-electron chi connectivity index (χ4n) is 2.14. The van der Waals surface area contributed by atoms with E-state index in [1.165, 1.54) is 11.4 Å².